The van der Waals surface area contributed by atoms with E-state index in [-0.39, 0.29) is 23.0 Å². The predicted molar refractivity (Wildman–Crippen MR) is 208 cm³/mol. The molecule has 0 radical (unpaired) electrons. The fourth-order valence-corrected chi connectivity index (χ4v) is 9.40. The van der Waals surface area contributed by atoms with E-state index in [4.69, 9.17) is 0 Å². The highest BCUT2D eigenvalue weighted by Gasteiger charge is 2.44. The summed E-state index contributed by atoms with van der Waals surface area (Å²) < 4.78 is 34.3. The normalized spacial score (nSPS) is 20.0. The highest BCUT2D eigenvalue weighted by molar-refractivity contribution is 8.03. The third-order valence-electron chi connectivity index (χ3n) is 10.3. The molecule has 0 spiro atoms. The van der Waals surface area contributed by atoms with Crippen LogP contribution in [0, 0.1) is 0 Å². The molecule has 5 rings (SSSR count). The summed E-state index contributed by atoms with van der Waals surface area (Å²) in [5, 5.41) is 9.49. The van der Waals surface area contributed by atoms with Gasteiger partial charge in [-0.15, -0.1) is 11.8 Å². The lowest BCUT2D eigenvalue weighted by atomic mass is 9.81. The molecule has 0 fully saturated rings. The molecule has 0 saturated carbocycles. The summed E-state index contributed by atoms with van der Waals surface area (Å²) >= 11 is 1.65. The Morgan fingerprint density at radius 1 is 0.940 bits per heavy atom. The van der Waals surface area contributed by atoms with Crippen LogP contribution in [0.3, 0.4) is 0 Å². The van der Waals surface area contributed by atoms with E-state index in [1.807, 2.05) is 6.07 Å². The minimum Gasteiger partial charge on any atom is -0.481 e. The Balaban J connectivity index is 1.54. The van der Waals surface area contributed by atoms with E-state index in [2.05, 4.69) is 111 Å². The Hall–Kier alpha value is -3.40. The molecule has 2 aliphatic heterocycles. The minimum absolute atomic E-state index is 0.101. The van der Waals surface area contributed by atoms with Crippen LogP contribution in [-0.2, 0) is 25.7 Å². The molecule has 0 saturated heterocycles. The van der Waals surface area contributed by atoms with Gasteiger partial charge in [-0.2, -0.15) is 13.0 Å². The van der Waals surface area contributed by atoms with Crippen LogP contribution in [0.25, 0.3) is 0 Å². The van der Waals surface area contributed by atoms with Crippen molar-refractivity contribution in [1.82, 2.24) is 0 Å². The van der Waals surface area contributed by atoms with E-state index < -0.39 is 16.1 Å². The lowest BCUT2D eigenvalue weighted by Crippen LogP contribution is -2.28. The molecule has 0 amide bonds. The number of nitrogens with zero attached hydrogens (tertiary/aromatic N) is 2. The largest absolute Gasteiger partial charge is 0.481 e. The average Bonchev–Trinajstić information content (AvgIpc) is 3.42. The van der Waals surface area contributed by atoms with Gasteiger partial charge < -0.3 is 10.0 Å². The van der Waals surface area contributed by atoms with E-state index in [1.165, 1.54) is 38.6 Å². The minimum atomic E-state index is -4.00. The van der Waals surface area contributed by atoms with Crippen molar-refractivity contribution in [2.45, 2.75) is 96.8 Å². The zero-order chi connectivity index (χ0) is 36.1. The molecular formula is C41H53N2O5S2+. The number of hydrogen-bond acceptors (Lipinski definition) is 5. The maximum absolute atomic E-state index is 11.6. The molecule has 2 aromatic rings. The number of benzene rings is 2. The highest BCUT2D eigenvalue weighted by atomic mass is 32.2. The molecule has 2 aromatic carbocycles. The van der Waals surface area contributed by atoms with E-state index >= 15 is 0 Å². The standard InChI is InChI=1S/C41H52N2O5S2/c1-6-7-26-42-34-19-10-8-17-32(34)40(2,3)36(42)23-21-30-15-14-16-31(39(30)49-28-25-38(44)45)22-24-37-41(4,5)33-18-9-11-20-35(33)43(37)27-12-13-29-50(46,47)48/h8-11,17-24H,6-7,12-16,25-29H2,1-5H3,(H-,44,45,46,47,48)/p+1. The maximum Gasteiger partial charge on any atom is 0.304 e. The molecule has 50 heavy (non-hydrogen) atoms. The first-order valence-corrected chi connectivity index (χ1v) is 20.6. The maximum atomic E-state index is 11.6. The van der Waals surface area contributed by atoms with Gasteiger partial charge in [-0.05, 0) is 74.8 Å². The molecule has 1 aliphatic carbocycles. The predicted octanol–water partition coefficient (Wildman–Crippen LogP) is 9.34. The molecule has 0 atom stereocenters. The van der Waals surface area contributed by atoms with Gasteiger partial charge in [-0.1, -0.05) is 75.7 Å². The monoisotopic (exact) mass is 717 g/mol. The van der Waals surface area contributed by atoms with Crippen LogP contribution in [-0.4, -0.2) is 58.9 Å². The number of hydrogen-bond donors (Lipinski definition) is 2. The van der Waals surface area contributed by atoms with Crippen LogP contribution in [0.15, 0.2) is 94.6 Å². The van der Waals surface area contributed by atoms with Gasteiger partial charge in [0.1, 0.15) is 6.54 Å². The van der Waals surface area contributed by atoms with Crippen molar-refractivity contribution in [2.75, 3.05) is 29.5 Å². The number of thioether (sulfide) groups is 1. The fourth-order valence-electron chi connectivity index (χ4n) is 7.64. The molecule has 0 unspecified atom stereocenters. The SMILES string of the molecule is CCCCN1/C(=C/C=C2\CCCC(/C=C/C3=[N+](CCCCS(=O)(=O)O)c4ccccc4C3(C)C)=C2SCCC(=O)O)C(C)(C)c2ccccc21. The van der Waals surface area contributed by atoms with Crippen molar-refractivity contribution in [2.24, 2.45) is 0 Å². The number of carboxylic acids is 1. The number of anilines is 1. The van der Waals surface area contributed by atoms with E-state index in [0.717, 1.165) is 50.0 Å². The molecule has 7 nitrogen and oxygen atoms in total. The summed E-state index contributed by atoms with van der Waals surface area (Å²) in [6, 6.07) is 17.1. The molecule has 3 aliphatic rings. The van der Waals surface area contributed by atoms with E-state index in [9.17, 15) is 22.9 Å². The number of rotatable bonds is 15. The summed E-state index contributed by atoms with van der Waals surface area (Å²) in [6.07, 6.45) is 15.3. The Kier molecular flexibility index (Phi) is 12.0. The Morgan fingerprint density at radius 2 is 1.66 bits per heavy atom. The number of unbranched alkanes of at least 4 members (excludes halogenated alkanes) is 2. The van der Waals surface area contributed by atoms with Crippen molar-refractivity contribution < 1.29 is 27.4 Å². The molecule has 2 N–H and O–H groups in total. The van der Waals surface area contributed by atoms with Crippen LogP contribution in [0.2, 0.25) is 0 Å². The second kappa shape index (κ2) is 15.9. The fraction of sp³-hybridized carbons (Fsp3) is 0.463. The summed E-state index contributed by atoms with van der Waals surface area (Å²) in [6.45, 7) is 12.9. The second-order valence-corrected chi connectivity index (χ2v) is 17.3. The van der Waals surface area contributed by atoms with Crippen molar-refractivity contribution in [3.05, 3.63) is 106 Å². The van der Waals surface area contributed by atoms with E-state index in [0.29, 0.717) is 25.1 Å². The Morgan fingerprint density at radius 3 is 2.38 bits per heavy atom. The van der Waals surface area contributed by atoms with Gasteiger partial charge in [-0.3, -0.25) is 9.35 Å². The van der Waals surface area contributed by atoms with Crippen LogP contribution in [0.1, 0.15) is 97.1 Å². The third-order valence-corrected chi connectivity index (χ3v) is 12.3. The number of para-hydroxylation sites is 2. The quantitative estimate of drug-likeness (QED) is 0.108. The van der Waals surface area contributed by atoms with Gasteiger partial charge in [0.05, 0.1) is 17.6 Å². The first-order valence-electron chi connectivity index (χ1n) is 18.0. The summed E-state index contributed by atoms with van der Waals surface area (Å²) in [5.41, 5.74) is 9.49. The van der Waals surface area contributed by atoms with Crippen molar-refractivity contribution in [3.63, 3.8) is 0 Å². The van der Waals surface area contributed by atoms with Gasteiger partial charge in [0.2, 0.25) is 5.69 Å². The average molecular weight is 718 g/mol. The summed E-state index contributed by atoms with van der Waals surface area (Å²) in [5.74, 6) is -0.532. The topological polar surface area (TPSA) is 97.9 Å². The van der Waals surface area contributed by atoms with Crippen molar-refractivity contribution in [3.8, 4) is 0 Å². The molecule has 268 valence electrons. The number of aliphatic carboxylic acids is 1. The molecule has 2 heterocycles. The Bertz CT molecular complexity index is 1860. The van der Waals surface area contributed by atoms with Crippen molar-refractivity contribution in [1.29, 1.82) is 0 Å². The lowest BCUT2D eigenvalue weighted by Gasteiger charge is -2.27. The number of fused-ring (bicyclic) bond motifs is 2. The number of carboxylic acid groups (broad SMARTS) is 1. The van der Waals surface area contributed by atoms with Crippen LogP contribution in [0.5, 0.6) is 0 Å². The Labute approximate surface area is 303 Å². The molecule has 9 heteroatoms. The summed E-state index contributed by atoms with van der Waals surface area (Å²) in [7, 11) is -4.00. The first kappa shape index (κ1) is 37.8. The van der Waals surface area contributed by atoms with Gasteiger partial charge in [0.15, 0.2) is 5.71 Å². The smallest absolute Gasteiger partial charge is 0.304 e. The highest BCUT2D eigenvalue weighted by Crippen LogP contribution is 2.48. The zero-order valence-corrected chi connectivity index (χ0v) is 31.9. The van der Waals surface area contributed by atoms with Crippen LogP contribution < -0.4 is 4.90 Å². The van der Waals surface area contributed by atoms with Crippen molar-refractivity contribution >= 4 is 44.9 Å². The van der Waals surface area contributed by atoms with Crippen LogP contribution in [0.4, 0.5) is 11.4 Å². The first-order chi connectivity index (χ1) is 23.8. The molecule has 0 bridgehead atoms. The van der Waals surface area contributed by atoms with Gasteiger partial charge in [-0.25, -0.2) is 0 Å². The number of allylic oxidation sites excluding steroid dienone is 7. The lowest BCUT2D eigenvalue weighted by molar-refractivity contribution is -0.438. The zero-order valence-electron chi connectivity index (χ0n) is 30.2. The third kappa shape index (κ3) is 8.38. The van der Waals surface area contributed by atoms with E-state index in [1.54, 1.807) is 11.8 Å². The van der Waals surface area contributed by atoms with Gasteiger partial charge in [0.25, 0.3) is 10.1 Å². The summed E-state index contributed by atoms with van der Waals surface area (Å²) in [4.78, 5) is 15.2. The second-order valence-electron chi connectivity index (χ2n) is 14.6. The molecule has 0 aromatic heterocycles. The van der Waals surface area contributed by atoms with Crippen LogP contribution >= 0.6 is 11.8 Å². The number of carbonyl (C=O) groups is 1. The van der Waals surface area contributed by atoms with Gasteiger partial charge in [0, 0.05) is 58.1 Å². The van der Waals surface area contributed by atoms with Gasteiger partial charge >= 0.3 is 5.97 Å². The molecular weight excluding hydrogens is 665 g/mol.